The number of rotatable bonds is 2. The van der Waals surface area contributed by atoms with Crippen LogP contribution in [0.4, 0.5) is 0 Å². The van der Waals surface area contributed by atoms with Gasteiger partial charge in [0, 0.05) is 19.6 Å². The molecular weight excluding hydrogens is 228 g/mol. The maximum atomic E-state index is 9.90. The molecule has 1 heterocycles. The van der Waals surface area contributed by atoms with E-state index in [1.807, 2.05) is 7.05 Å². The van der Waals surface area contributed by atoms with Crippen molar-refractivity contribution in [1.82, 2.24) is 10.2 Å². The number of likely N-dealkylation sites (tertiary alicyclic amines) is 1. The fraction of sp³-hybridized carbons (Fsp3) is 0.800. The highest BCUT2D eigenvalue weighted by molar-refractivity contribution is 6.27. The SMILES string of the molecule is CNCC1(O)CCN(C)CC1.O=C(O)C(=O)O. The zero-order valence-corrected chi connectivity index (χ0v) is 10.1. The van der Waals surface area contributed by atoms with Crippen LogP contribution >= 0.6 is 0 Å². The number of aliphatic carboxylic acids is 2. The van der Waals surface area contributed by atoms with Gasteiger partial charge in [-0.1, -0.05) is 0 Å². The number of nitrogens with one attached hydrogen (secondary N) is 1. The van der Waals surface area contributed by atoms with Crippen molar-refractivity contribution in [3.63, 3.8) is 0 Å². The maximum absolute atomic E-state index is 9.90. The monoisotopic (exact) mass is 248 g/mol. The minimum absolute atomic E-state index is 0.443. The van der Waals surface area contributed by atoms with E-state index in [2.05, 4.69) is 17.3 Å². The second kappa shape index (κ2) is 7.21. The molecule has 0 bridgehead atoms. The Balaban J connectivity index is 0.000000366. The zero-order chi connectivity index (χ0) is 13.5. The van der Waals surface area contributed by atoms with Crippen LogP contribution in [-0.2, 0) is 9.59 Å². The molecule has 7 heteroatoms. The van der Waals surface area contributed by atoms with Gasteiger partial charge in [0.25, 0.3) is 0 Å². The molecule has 0 aromatic heterocycles. The van der Waals surface area contributed by atoms with Gasteiger partial charge in [-0.25, -0.2) is 9.59 Å². The number of carbonyl (C=O) groups is 2. The number of carboxylic acid groups (broad SMARTS) is 2. The molecule has 0 atom stereocenters. The first-order chi connectivity index (χ1) is 7.80. The molecule has 1 saturated heterocycles. The van der Waals surface area contributed by atoms with Crippen LogP contribution in [0.2, 0.25) is 0 Å². The molecule has 1 rings (SSSR count). The molecule has 1 aliphatic heterocycles. The van der Waals surface area contributed by atoms with Crippen molar-refractivity contribution in [2.24, 2.45) is 0 Å². The fourth-order valence-corrected chi connectivity index (χ4v) is 1.54. The quantitative estimate of drug-likeness (QED) is 0.455. The van der Waals surface area contributed by atoms with Gasteiger partial charge in [0.2, 0.25) is 0 Å². The molecule has 0 spiro atoms. The Bertz CT molecular complexity index is 249. The highest BCUT2D eigenvalue weighted by atomic mass is 16.4. The van der Waals surface area contributed by atoms with E-state index in [1.165, 1.54) is 0 Å². The van der Waals surface area contributed by atoms with Crippen LogP contribution in [0.3, 0.4) is 0 Å². The molecule has 0 aromatic rings. The summed E-state index contributed by atoms with van der Waals surface area (Å²) in [5, 5.41) is 27.7. The fourth-order valence-electron chi connectivity index (χ4n) is 1.54. The largest absolute Gasteiger partial charge is 0.473 e. The lowest BCUT2D eigenvalue weighted by Gasteiger charge is -2.36. The predicted octanol–water partition coefficient (Wildman–Crippen LogP) is -1.18. The maximum Gasteiger partial charge on any atom is 0.414 e. The molecule has 4 N–H and O–H groups in total. The van der Waals surface area contributed by atoms with E-state index in [9.17, 15) is 5.11 Å². The van der Waals surface area contributed by atoms with Gasteiger partial charge >= 0.3 is 11.9 Å². The summed E-state index contributed by atoms with van der Waals surface area (Å²) in [6.45, 7) is 2.75. The zero-order valence-electron chi connectivity index (χ0n) is 10.1. The Morgan fingerprint density at radius 1 is 1.24 bits per heavy atom. The van der Waals surface area contributed by atoms with E-state index in [1.54, 1.807) is 0 Å². The molecule has 0 radical (unpaired) electrons. The third kappa shape index (κ3) is 6.88. The van der Waals surface area contributed by atoms with Crippen LogP contribution in [0.25, 0.3) is 0 Å². The predicted molar refractivity (Wildman–Crippen MR) is 60.9 cm³/mol. The van der Waals surface area contributed by atoms with Gasteiger partial charge in [-0.15, -0.1) is 0 Å². The molecule has 7 nitrogen and oxygen atoms in total. The van der Waals surface area contributed by atoms with Crippen molar-refractivity contribution in [2.45, 2.75) is 18.4 Å². The van der Waals surface area contributed by atoms with Crippen LogP contribution in [-0.4, -0.2) is 71.5 Å². The second-order valence-electron chi connectivity index (χ2n) is 4.17. The van der Waals surface area contributed by atoms with Gasteiger partial charge in [-0.2, -0.15) is 0 Å². The van der Waals surface area contributed by atoms with Crippen molar-refractivity contribution in [3.05, 3.63) is 0 Å². The van der Waals surface area contributed by atoms with Gasteiger partial charge < -0.3 is 25.5 Å². The molecule has 0 aliphatic carbocycles. The minimum atomic E-state index is -1.82. The molecule has 1 aliphatic rings. The van der Waals surface area contributed by atoms with Crippen LogP contribution in [0.1, 0.15) is 12.8 Å². The lowest BCUT2D eigenvalue weighted by Crippen LogP contribution is -2.48. The minimum Gasteiger partial charge on any atom is -0.473 e. The van der Waals surface area contributed by atoms with Crippen molar-refractivity contribution in [2.75, 3.05) is 33.7 Å². The first-order valence-corrected chi connectivity index (χ1v) is 5.32. The summed E-state index contributed by atoms with van der Waals surface area (Å²) < 4.78 is 0. The van der Waals surface area contributed by atoms with E-state index < -0.39 is 17.5 Å². The lowest BCUT2D eigenvalue weighted by molar-refractivity contribution is -0.159. The van der Waals surface area contributed by atoms with Crippen molar-refractivity contribution in [3.8, 4) is 0 Å². The first-order valence-electron chi connectivity index (χ1n) is 5.32. The Morgan fingerprint density at radius 2 is 1.65 bits per heavy atom. The van der Waals surface area contributed by atoms with Gasteiger partial charge in [0.05, 0.1) is 5.60 Å². The summed E-state index contributed by atoms with van der Waals surface area (Å²) in [4.78, 5) is 20.5. The second-order valence-corrected chi connectivity index (χ2v) is 4.17. The Kier molecular flexibility index (Phi) is 6.71. The molecule has 0 saturated carbocycles. The Hall–Kier alpha value is -1.18. The van der Waals surface area contributed by atoms with Crippen LogP contribution in [0.5, 0.6) is 0 Å². The molecule has 0 unspecified atom stereocenters. The third-order valence-electron chi connectivity index (χ3n) is 2.61. The molecule has 100 valence electrons. The van der Waals surface area contributed by atoms with E-state index in [0.29, 0.717) is 0 Å². The highest BCUT2D eigenvalue weighted by Crippen LogP contribution is 2.19. The van der Waals surface area contributed by atoms with Gasteiger partial charge in [-0.05, 0) is 26.9 Å². The molecule has 17 heavy (non-hydrogen) atoms. The summed E-state index contributed by atoms with van der Waals surface area (Å²) in [5.74, 6) is -3.65. The van der Waals surface area contributed by atoms with Gasteiger partial charge in [-0.3, -0.25) is 0 Å². The topological polar surface area (TPSA) is 110 Å². The number of likely N-dealkylation sites (N-methyl/N-ethyl adjacent to an activating group) is 1. The molecule has 1 fully saturated rings. The number of piperidine rings is 1. The van der Waals surface area contributed by atoms with Crippen LogP contribution in [0.15, 0.2) is 0 Å². The number of carboxylic acids is 2. The lowest BCUT2D eigenvalue weighted by atomic mass is 9.92. The van der Waals surface area contributed by atoms with E-state index in [4.69, 9.17) is 19.8 Å². The van der Waals surface area contributed by atoms with Gasteiger partial charge in [0.15, 0.2) is 0 Å². The summed E-state index contributed by atoms with van der Waals surface area (Å²) in [6.07, 6.45) is 1.79. The van der Waals surface area contributed by atoms with E-state index in [0.717, 1.165) is 32.5 Å². The average Bonchev–Trinajstić information content (AvgIpc) is 2.24. The summed E-state index contributed by atoms with van der Waals surface area (Å²) >= 11 is 0. The molecule has 0 amide bonds. The van der Waals surface area contributed by atoms with Crippen LogP contribution < -0.4 is 5.32 Å². The number of hydrogen-bond donors (Lipinski definition) is 4. The third-order valence-corrected chi connectivity index (χ3v) is 2.61. The molecular formula is C10H20N2O5. The smallest absolute Gasteiger partial charge is 0.414 e. The Labute approximate surface area is 100 Å². The van der Waals surface area contributed by atoms with Crippen molar-refractivity contribution < 1.29 is 24.9 Å². The number of aliphatic hydroxyl groups is 1. The normalized spacial score (nSPS) is 19.0. The van der Waals surface area contributed by atoms with E-state index in [-0.39, 0.29) is 0 Å². The summed E-state index contributed by atoms with van der Waals surface area (Å²) in [7, 11) is 3.98. The average molecular weight is 248 g/mol. The number of nitrogens with zero attached hydrogens (tertiary/aromatic N) is 1. The first kappa shape index (κ1) is 15.8. The number of hydrogen-bond acceptors (Lipinski definition) is 5. The Morgan fingerprint density at radius 3 is 1.94 bits per heavy atom. The van der Waals surface area contributed by atoms with E-state index >= 15 is 0 Å². The standard InChI is InChI=1S/C8H18N2O.C2H2O4/c1-9-7-8(11)3-5-10(2)6-4-8;3-1(4)2(5)6/h9,11H,3-7H2,1-2H3;(H,3,4)(H,5,6). The van der Waals surface area contributed by atoms with Crippen LogP contribution in [0, 0.1) is 0 Å². The van der Waals surface area contributed by atoms with Crippen molar-refractivity contribution in [1.29, 1.82) is 0 Å². The summed E-state index contributed by atoms with van der Waals surface area (Å²) in [5.41, 5.74) is -0.443. The highest BCUT2D eigenvalue weighted by Gasteiger charge is 2.29. The van der Waals surface area contributed by atoms with Crippen molar-refractivity contribution >= 4 is 11.9 Å². The summed E-state index contributed by atoms with van der Waals surface area (Å²) in [6, 6.07) is 0. The van der Waals surface area contributed by atoms with Gasteiger partial charge in [0.1, 0.15) is 0 Å². The molecule has 0 aromatic carbocycles.